The summed E-state index contributed by atoms with van der Waals surface area (Å²) < 4.78 is 10.7. The van der Waals surface area contributed by atoms with E-state index in [4.69, 9.17) is 9.47 Å². The quantitative estimate of drug-likeness (QED) is 0.400. The number of carbonyl (C=O) groups is 1. The molecule has 1 aromatic rings. The number of amides is 1. The molecule has 1 aromatic carbocycles. The number of allylic oxidation sites excluding steroid dienone is 1. The second-order valence-corrected chi connectivity index (χ2v) is 6.98. The molecule has 7 heteroatoms. The normalized spacial score (nSPS) is 16.5. The Morgan fingerprint density at radius 1 is 1.29 bits per heavy atom. The molecule has 1 unspecified atom stereocenters. The summed E-state index contributed by atoms with van der Waals surface area (Å²) in [5.74, 6) is 0.822. The predicted molar refractivity (Wildman–Crippen MR) is 110 cm³/mol. The maximum atomic E-state index is 11.9. The molecule has 7 nitrogen and oxygen atoms in total. The molecule has 28 heavy (non-hydrogen) atoms. The Balaban J connectivity index is 1.66. The summed E-state index contributed by atoms with van der Waals surface area (Å²) in [6.45, 7) is 9.35. The highest BCUT2D eigenvalue weighted by molar-refractivity contribution is 5.78. The topological polar surface area (TPSA) is 74.3 Å². The zero-order valence-electron chi connectivity index (χ0n) is 16.8. The third-order valence-electron chi connectivity index (χ3n) is 4.70. The lowest BCUT2D eigenvalue weighted by Crippen LogP contribution is -2.51. The minimum absolute atomic E-state index is 0.0251. The van der Waals surface area contributed by atoms with Crippen LogP contribution in [0.5, 0.6) is 5.75 Å². The molecule has 0 spiro atoms. The monoisotopic (exact) mass is 391 g/mol. The molecule has 1 atom stereocenters. The van der Waals surface area contributed by atoms with E-state index in [2.05, 4.69) is 21.7 Å². The Kier molecular flexibility index (Phi) is 9.99. The van der Waals surface area contributed by atoms with Crippen LogP contribution >= 0.6 is 0 Å². The van der Waals surface area contributed by atoms with Crippen LogP contribution in [-0.4, -0.2) is 93.1 Å². The minimum Gasteiger partial charge on any atom is -0.491 e. The zero-order chi connectivity index (χ0) is 20.2. The number of hydrogen-bond acceptors (Lipinski definition) is 6. The summed E-state index contributed by atoms with van der Waals surface area (Å²) in [7, 11) is 1.62. The van der Waals surface area contributed by atoms with Gasteiger partial charge in [0.1, 0.15) is 18.5 Å². The van der Waals surface area contributed by atoms with Gasteiger partial charge in [-0.2, -0.15) is 0 Å². The van der Waals surface area contributed by atoms with Gasteiger partial charge in [-0.1, -0.05) is 24.3 Å². The minimum atomic E-state index is -0.555. The van der Waals surface area contributed by atoms with Crippen molar-refractivity contribution in [2.75, 3.05) is 66.1 Å². The standard InChI is InChI=1S/C21H33N3O4/c1-3-6-18-7-4-5-8-20(18)28-17-19(25)15-23-10-12-24(13-11-23)16-21(26)22-9-14-27-2/h3-5,7-8,19,25H,1,6,9-17H2,2H3,(H,22,26). The lowest BCUT2D eigenvalue weighted by Gasteiger charge is -2.35. The van der Waals surface area contributed by atoms with Gasteiger partial charge in [-0.3, -0.25) is 14.6 Å². The number of rotatable bonds is 12. The van der Waals surface area contributed by atoms with Gasteiger partial charge >= 0.3 is 0 Å². The fraction of sp³-hybridized carbons (Fsp3) is 0.571. The van der Waals surface area contributed by atoms with E-state index in [0.29, 0.717) is 26.2 Å². The van der Waals surface area contributed by atoms with Gasteiger partial charge in [-0.15, -0.1) is 6.58 Å². The van der Waals surface area contributed by atoms with Crippen LogP contribution in [0.1, 0.15) is 5.56 Å². The fourth-order valence-electron chi connectivity index (χ4n) is 3.19. The molecule has 0 aromatic heterocycles. The molecule has 1 aliphatic heterocycles. The molecular weight excluding hydrogens is 358 g/mol. The van der Waals surface area contributed by atoms with Crippen LogP contribution in [-0.2, 0) is 16.0 Å². The van der Waals surface area contributed by atoms with Crippen molar-refractivity contribution in [1.29, 1.82) is 0 Å². The van der Waals surface area contributed by atoms with Crippen LogP contribution in [0.25, 0.3) is 0 Å². The number of piperazine rings is 1. The van der Waals surface area contributed by atoms with Crippen molar-refractivity contribution in [3.8, 4) is 5.75 Å². The van der Waals surface area contributed by atoms with E-state index in [1.807, 2.05) is 30.3 Å². The first-order chi connectivity index (χ1) is 13.6. The summed E-state index contributed by atoms with van der Waals surface area (Å²) in [6.07, 6.45) is 2.03. The third-order valence-corrected chi connectivity index (χ3v) is 4.70. The van der Waals surface area contributed by atoms with Crippen molar-refractivity contribution in [2.24, 2.45) is 0 Å². The van der Waals surface area contributed by atoms with Crippen molar-refractivity contribution in [3.63, 3.8) is 0 Å². The van der Waals surface area contributed by atoms with Gasteiger partial charge in [0.25, 0.3) is 0 Å². The molecule has 2 N–H and O–H groups in total. The molecule has 1 saturated heterocycles. The Bertz CT molecular complexity index is 603. The van der Waals surface area contributed by atoms with E-state index in [1.165, 1.54) is 0 Å². The average Bonchev–Trinajstić information content (AvgIpc) is 2.69. The highest BCUT2D eigenvalue weighted by Crippen LogP contribution is 2.19. The number of ether oxygens (including phenoxy) is 2. The molecule has 2 rings (SSSR count). The Hall–Kier alpha value is -1.93. The van der Waals surface area contributed by atoms with Crippen molar-refractivity contribution in [2.45, 2.75) is 12.5 Å². The Morgan fingerprint density at radius 2 is 2.00 bits per heavy atom. The fourth-order valence-corrected chi connectivity index (χ4v) is 3.19. The van der Waals surface area contributed by atoms with Crippen LogP contribution in [0.3, 0.4) is 0 Å². The van der Waals surface area contributed by atoms with Crippen molar-refractivity contribution >= 4 is 5.91 Å². The molecule has 1 heterocycles. The SMILES string of the molecule is C=CCc1ccccc1OCC(O)CN1CCN(CC(=O)NCCOC)CC1. The number of para-hydroxylation sites is 1. The first kappa shape index (κ1) is 22.4. The number of methoxy groups -OCH3 is 1. The van der Waals surface area contributed by atoms with Crippen LogP contribution in [0.2, 0.25) is 0 Å². The maximum Gasteiger partial charge on any atom is 0.234 e. The Labute approximate surface area is 167 Å². The molecule has 0 radical (unpaired) electrons. The molecule has 0 aliphatic carbocycles. The van der Waals surface area contributed by atoms with Crippen molar-refractivity contribution < 1.29 is 19.4 Å². The number of β-amino-alcohol motifs (C(OH)–C–C–N with tert-alkyl or cyclic N) is 1. The Morgan fingerprint density at radius 3 is 2.71 bits per heavy atom. The number of aliphatic hydroxyl groups excluding tert-OH is 1. The number of carbonyl (C=O) groups excluding carboxylic acids is 1. The highest BCUT2D eigenvalue weighted by atomic mass is 16.5. The first-order valence-electron chi connectivity index (χ1n) is 9.82. The predicted octanol–water partition coefficient (Wildman–Crippen LogP) is 0.535. The van der Waals surface area contributed by atoms with Gasteiger partial charge in [0.15, 0.2) is 0 Å². The summed E-state index contributed by atoms with van der Waals surface area (Å²) >= 11 is 0. The lowest BCUT2D eigenvalue weighted by molar-refractivity contribution is -0.122. The molecular formula is C21H33N3O4. The van der Waals surface area contributed by atoms with E-state index in [0.717, 1.165) is 43.9 Å². The van der Waals surface area contributed by atoms with Gasteiger partial charge in [0.05, 0.1) is 13.2 Å². The zero-order valence-corrected chi connectivity index (χ0v) is 16.8. The number of aliphatic hydroxyl groups is 1. The van der Waals surface area contributed by atoms with Crippen molar-refractivity contribution in [1.82, 2.24) is 15.1 Å². The summed E-state index contributed by atoms with van der Waals surface area (Å²) in [4.78, 5) is 16.2. The average molecular weight is 392 g/mol. The van der Waals surface area contributed by atoms with E-state index in [-0.39, 0.29) is 12.5 Å². The molecule has 1 amide bonds. The van der Waals surface area contributed by atoms with Gasteiger partial charge in [-0.25, -0.2) is 0 Å². The van der Waals surface area contributed by atoms with E-state index in [1.54, 1.807) is 7.11 Å². The molecule has 1 fully saturated rings. The van der Waals surface area contributed by atoms with E-state index >= 15 is 0 Å². The van der Waals surface area contributed by atoms with Crippen LogP contribution in [0.15, 0.2) is 36.9 Å². The summed E-state index contributed by atoms with van der Waals surface area (Å²) in [5.41, 5.74) is 1.07. The smallest absolute Gasteiger partial charge is 0.234 e. The molecule has 156 valence electrons. The molecule has 0 saturated carbocycles. The number of benzene rings is 1. The van der Waals surface area contributed by atoms with Gasteiger partial charge < -0.3 is 19.9 Å². The molecule has 0 bridgehead atoms. The molecule has 1 aliphatic rings. The van der Waals surface area contributed by atoms with E-state index < -0.39 is 6.10 Å². The van der Waals surface area contributed by atoms with Crippen LogP contribution in [0, 0.1) is 0 Å². The van der Waals surface area contributed by atoms with Gasteiger partial charge in [0.2, 0.25) is 5.91 Å². The highest BCUT2D eigenvalue weighted by Gasteiger charge is 2.21. The van der Waals surface area contributed by atoms with E-state index in [9.17, 15) is 9.90 Å². The van der Waals surface area contributed by atoms with Gasteiger partial charge in [0, 0.05) is 46.4 Å². The number of nitrogens with one attached hydrogen (secondary N) is 1. The first-order valence-corrected chi connectivity index (χ1v) is 9.82. The summed E-state index contributed by atoms with van der Waals surface area (Å²) in [5, 5.41) is 13.2. The largest absolute Gasteiger partial charge is 0.491 e. The van der Waals surface area contributed by atoms with Gasteiger partial charge in [-0.05, 0) is 18.1 Å². The van der Waals surface area contributed by atoms with Crippen molar-refractivity contribution in [3.05, 3.63) is 42.5 Å². The lowest BCUT2D eigenvalue weighted by atomic mass is 10.1. The third kappa shape index (κ3) is 7.98. The number of nitrogens with zero attached hydrogens (tertiary/aromatic N) is 2. The second-order valence-electron chi connectivity index (χ2n) is 6.98. The second kappa shape index (κ2) is 12.5. The maximum absolute atomic E-state index is 11.9. The van der Waals surface area contributed by atoms with Crippen LogP contribution in [0.4, 0.5) is 0 Å². The van der Waals surface area contributed by atoms with Crippen LogP contribution < -0.4 is 10.1 Å². The number of hydrogen-bond donors (Lipinski definition) is 2. The summed E-state index contributed by atoms with van der Waals surface area (Å²) in [6, 6.07) is 7.83.